The Morgan fingerprint density at radius 2 is 2.10 bits per heavy atom. The van der Waals surface area contributed by atoms with Crippen molar-refractivity contribution >= 4 is 17.3 Å². The van der Waals surface area contributed by atoms with Crippen LogP contribution in [0.5, 0.6) is 0 Å². The molecule has 3 nitrogen and oxygen atoms in total. The molecule has 1 fully saturated rings. The number of anilines is 2. The van der Waals surface area contributed by atoms with E-state index in [1.165, 1.54) is 12.8 Å². The van der Waals surface area contributed by atoms with Crippen LogP contribution in [0.15, 0.2) is 36.4 Å². The van der Waals surface area contributed by atoms with Gasteiger partial charge in [-0.05, 0) is 37.0 Å². The quantitative estimate of drug-likeness (QED) is 0.820. The molecule has 2 aliphatic rings. The highest BCUT2D eigenvalue weighted by Gasteiger charge is 2.40. The van der Waals surface area contributed by atoms with Crippen LogP contribution in [0.3, 0.4) is 0 Å². The average molecular weight is 270 g/mol. The van der Waals surface area contributed by atoms with E-state index in [2.05, 4.69) is 28.9 Å². The van der Waals surface area contributed by atoms with Crippen LogP contribution in [0, 0.1) is 17.8 Å². The lowest BCUT2D eigenvalue weighted by Gasteiger charge is -2.41. The van der Waals surface area contributed by atoms with Crippen molar-refractivity contribution in [3.05, 3.63) is 36.4 Å². The van der Waals surface area contributed by atoms with Crippen LogP contribution < -0.4 is 10.6 Å². The SMILES string of the molecule is CC(C)C(=O)Nc1cccc(NC2CC3CC=CC32)c1. The Morgan fingerprint density at radius 3 is 2.85 bits per heavy atom. The van der Waals surface area contributed by atoms with Crippen molar-refractivity contribution in [3.63, 3.8) is 0 Å². The van der Waals surface area contributed by atoms with Crippen LogP contribution >= 0.6 is 0 Å². The average Bonchev–Trinajstić information content (AvgIpc) is 2.78. The van der Waals surface area contributed by atoms with Crippen molar-refractivity contribution in [1.29, 1.82) is 0 Å². The molecule has 0 bridgehead atoms. The van der Waals surface area contributed by atoms with Gasteiger partial charge in [-0.3, -0.25) is 4.79 Å². The fourth-order valence-corrected chi connectivity index (χ4v) is 3.07. The van der Waals surface area contributed by atoms with Crippen LogP contribution in [0.4, 0.5) is 11.4 Å². The minimum Gasteiger partial charge on any atom is -0.382 e. The first-order valence-electron chi connectivity index (χ1n) is 7.47. The molecule has 3 atom stereocenters. The topological polar surface area (TPSA) is 41.1 Å². The van der Waals surface area contributed by atoms with Crippen molar-refractivity contribution in [2.45, 2.75) is 32.7 Å². The van der Waals surface area contributed by atoms with Gasteiger partial charge in [-0.25, -0.2) is 0 Å². The van der Waals surface area contributed by atoms with Gasteiger partial charge >= 0.3 is 0 Å². The molecule has 1 aromatic carbocycles. The van der Waals surface area contributed by atoms with Gasteiger partial charge in [-0.15, -0.1) is 0 Å². The zero-order valence-electron chi connectivity index (χ0n) is 12.1. The van der Waals surface area contributed by atoms with E-state index in [1.54, 1.807) is 0 Å². The number of fused-ring (bicyclic) bond motifs is 1. The van der Waals surface area contributed by atoms with Gasteiger partial charge in [0.1, 0.15) is 0 Å². The zero-order valence-corrected chi connectivity index (χ0v) is 12.1. The van der Waals surface area contributed by atoms with Crippen LogP contribution in [-0.2, 0) is 4.79 Å². The number of benzene rings is 1. The molecule has 0 spiro atoms. The standard InChI is InChI=1S/C17H22N2O/c1-11(2)17(20)19-14-7-4-6-13(10-14)18-16-9-12-5-3-8-15(12)16/h3-4,6-8,10-12,15-16,18H,5,9H2,1-2H3,(H,19,20). The number of amides is 1. The summed E-state index contributed by atoms with van der Waals surface area (Å²) in [7, 11) is 0. The van der Waals surface area contributed by atoms with Gasteiger partial charge in [0.2, 0.25) is 5.91 Å². The molecule has 0 saturated heterocycles. The Balaban J connectivity index is 1.63. The van der Waals surface area contributed by atoms with Crippen LogP contribution in [-0.4, -0.2) is 11.9 Å². The van der Waals surface area contributed by atoms with Crippen molar-refractivity contribution < 1.29 is 4.79 Å². The largest absolute Gasteiger partial charge is 0.382 e. The summed E-state index contributed by atoms with van der Waals surface area (Å²) < 4.78 is 0. The van der Waals surface area contributed by atoms with Gasteiger partial charge in [0.15, 0.2) is 0 Å². The highest BCUT2D eigenvalue weighted by atomic mass is 16.1. The number of rotatable bonds is 4. The van der Waals surface area contributed by atoms with Gasteiger partial charge in [0.25, 0.3) is 0 Å². The zero-order chi connectivity index (χ0) is 14.1. The van der Waals surface area contributed by atoms with E-state index >= 15 is 0 Å². The number of hydrogen-bond acceptors (Lipinski definition) is 2. The smallest absolute Gasteiger partial charge is 0.226 e. The Labute approximate surface area is 120 Å². The van der Waals surface area contributed by atoms with Gasteiger partial charge in [0, 0.05) is 29.3 Å². The lowest BCUT2D eigenvalue weighted by Crippen LogP contribution is -2.43. The van der Waals surface area contributed by atoms with E-state index < -0.39 is 0 Å². The Morgan fingerprint density at radius 1 is 1.30 bits per heavy atom. The molecule has 106 valence electrons. The lowest BCUT2D eigenvalue weighted by atomic mass is 9.71. The third kappa shape index (κ3) is 2.58. The summed E-state index contributed by atoms with van der Waals surface area (Å²) in [6.45, 7) is 3.80. The number of carbonyl (C=O) groups excluding carboxylic acids is 1. The van der Waals surface area contributed by atoms with Gasteiger partial charge in [0.05, 0.1) is 0 Å². The molecule has 2 aliphatic carbocycles. The second kappa shape index (κ2) is 5.31. The summed E-state index contributed by atoms with van der Waals surface area (Å²) in [6.07, 6.45) is 7.14. The third-order valence-electron chi connectivity index (χ3n) is 4.37. The first kappa shape index (κ1) is 13.2. The number of hydrogen-bond donors (Lipinski definition) is 2. The molecule has 0 heterocycles. The predicted octanol–water partition coefficient (Wildman–Crippen LogP) is 3.66. The second-order valence-corrected chi connectivity index (χ2v) is 6.21. The summed E-state index contributed by atoms with van der Waals surface area (Å²) in [6, 6.07) is 8.56. The van der Waals surface area contributed by atoms with E-state index in [9.17, 15) is 4.79 Å². The van der Waals surface area contributed by atoms with Crippen LogP contribution in [0.25, 0.3) is 0 Å². The summed E-state index contributed by atoms with van der Waals surface area (Å²) in [4.78, 5) is 11.7. The van der Waals surface area contributed by atoms with Gasteiger partial charge < -0.3 is 10.6 Å². The molecule has 1 amide bonds. The Kier molecular flexibility index (Phi) is 3.51. The molecule has 20 heavy (non-hydrogen) atoms. The Bertz CT molecular complexity index is 536. The minimum absolute atomic E-state index is 0.00244. The van der Waals surface area contributed by atoms with Crippen LogP contribution in [0.1, 0.15) is 26.7 Å². The van der Waals surface area contributed by atoms with Crippen molar-refractivity contribution in [3.8, 4) is 0 Å². The molecule has 3 heteroatoms. The molecule has 3 rings (SSSR count). The normalized spacial score (nSPS) is 27.1. The van der Waals surface area contributed by atoms with E-state index in [-0.39, 0.29) is 11.8 Å². The van der Waals surface area contributed by atoms with Crippen molar-refractivity contribution in [2.75, 3.05) is 10.6 Å². The number of nitrogens with one attached hydrogen (secondary N) is 2. The maximum absolute atomic E-state index is 11.7. The first-order valence-corrected chi connectivity index (χ1v) is 7.47. The highest BCUT2D eigenvalue weighted by molar-refractivity contribution is 5.92. The van der Waals surface area contributed by atoms with Gasteiger partial charge in [-0.2, -0.15) is 0 Å². The fraction of sp³-hybridized carbons (Fsp3) is 0.471. The highest BCUT2D eigenvalue weighted by Crippen LogP contribution is 2.44. The fourth-order valence-electron chi connectivity index (χ4n) is 3.07. The lowest BCUT2D eigenvalue weighted by molar-refractivity contribution is -0.118. The summed E-state index contributed by atoms with van der Waals surface area (Å²) >= 11 is 0. The molecule has 0 aliphatic heterocycles. The van der Waals surface area contributed by atoms with Crippen molar-refractivity contribution in [2.24, 2.45) is 17.8 Å². The molecule has 0 aromatic heterocycles. The maximum atomic E-state index is 11.7. The van der Waals surface area contributed by atoms with Crippen molar-refractivity contribution in [1.82, 2.24) is 0 Å². The van der Waals surface area contributed by atoms with E-state index in [0.717, 1.165) is 17.3 Å². The van der Waals surface area contributed by atoms with E-state index in [0.29, 0.717) is 12.0 Å². The minimum atomic E-state index is 0.00244. The van der Waals surface area contributed by atoms with E-state index in [4.69, 9.17) is 0 Å². The Hall–Kier alpha value is -1.77. The van der Waals surface area contributed by atoms with E-state index in [1.807, 2.05) is 32.0 Å². The maximum Gasteiger partial charge on any atom is 0.226 e. The molecule has 1 saturated carbocycles. The number of carbonyl (C=O) groups is 1. The molecular formula is C17H22N2O. The predicted molar refractivity (Wildman–Crippen MR) is 82.7 cm³/mol. The summed E-state index contributed by atoms with van der Waals surface area (Å²) in [5, 5.41) is 6.53. The summed E-state index contributed by atoms with van der Waals surface area (Å²) in [5.41, 5.74) is 1.96. The third-order valence-corrected chi connectivity index (χ3v) is 4.37. The summed E-state index contributed by atoms with van der Waals surface area (Å²) in [5.74, 6) is 1.62. The second-order valence-electron chi connectivity index (χ2n) is 6.21. The molecule has 3 unspecified atom stereocenters. The number of allylic oxidation sites excluding steroid dienone is 1. The molecule has 1 aromatic rings. The van der Waals surface area contributed by atoms with Crippen LogP contribution in [0.2, 0.25) is 0 Å². The first-order chi connectivity index (χ1) is 9.63. The molecule has 0 radical (unpaired) electrons. The van der Waals surface area contributed by atoms with Gasteiger partial charge in [-0.1, -0.05) is 32.1 Å². The molecule has 2 N–H and O–H groups in total. The monoisotopic (exact) mass is 270 g/mol. The molecular weight excluding hydrogens is 248 g/mol.